The van der Waals surface area contributed by atoms with E-state index in [1.807, 2.05) is 12.1 Å². The number of benzene rings is 1. The van der Waals surface area contributed by atoms with E-state index in [1.165, 1.54) is 43.7 Å². The summed E-state index contributed by atoms with van der Waals surface area (Å²) in [6.07, 6.45) is 9.95. The van der Waals surface area contributed by atoms with Crippen LogP contribution in [0.2, 0.25) is 18.1 Å². The van der Waals surface area contributed by atoms with Crippen molar-refractivity contribution in [1.29, 1.82) is 0 Å². The van der Waals surface area contributed by atoms with Gasteiger partial charge in [0, 0.05) is 8.80 Å². The van der Waals surface area contributed by atoms with Crippen molar-refractivity contribution in [3.8, 4) is 0 Å². The largest absolute Gasteiger partial charge is 0.207 e. The normalized spacial score (nSPS) is 22.6. The molecular weight excluding hydrogens is 263 g/mol. The summed E-state index contributed by atoms with van der Waals surface area (Å²) in [5.41, 5.74) is 1.29. The van der Waals surface area contributed by atoms with Crippen LogP contribution in [0.5, 0.6) is 0 Å². The summed E-state index contributed by atoms with van der Waals surface area (Å²) < 4.78 is 12.9. The van der Waals surface area contributed by atoms with Crippen LogP contribution in [0.25, 0.3) is 0 Å². The number of allylic oxidation sites excluding steroid dienone is 1. The number of rotatable bonds is 7. The molecule has 1 heterocycles. The van der Waals surface area contributed by atoms with Crippen LogP contribution in [0.15, 0.2) is 36.9 Å². The van der Waals surface area contributed by atoms with Gasteiger partial charge in [0.2, 0.25) is 0 Å². The first-order chi connectivity index (χ1) is 9.78. The van der Waals surface area contributed by atoms with Gasteiger partial charge in [-0.1, -0.05) is 55.6 Å². The number of aryl methyl sites for hydroxylation is 1. The SMILES string of the molecule is C=CCCC[Si@H]1CC[C@H](CCc2ccc(F)cc2)CC1. The van der Waals surface area contributed by atoms with Gasteiger partial charge in [0.1, 0.15) is 5.82 Å². The molecule has 0 aromatic heterocycles. The molecular formula is C18H27FSi. The Balaban J connectivity index is 1.64. The minimum absolute atomic E-state index is 0.125. The molecule has 1 aromatic rings. The van der Waals surface area contributed by atoms with Gasteiger partial charge in [-0.3, -0.25) is 0 Å². The number of hydrogen-bond acceptors (Lipinski definition) is 0. The third-order valence-electron chi connectivity index (χ3n) is 4.74. The van der Waals surface area contributed by atoms with E-state index in [-0.39, 0.29) is 5.82 Å². The Hall–Kier alpha value is -0.893. The Labute approximate surface area is 124 Å². The summed E-state index contributed by atoms with van der Waals surface area (Å²) in [6.45, 7) is 3.81. The topological polar surface area (TPSA) is 0 Å². The van der Waals surface area contributed by atoms with E-state index in [1.54, 1.807) is 24.2 Å². The molecule has 1 aliphatic rings. The van der Waals surface area contributed by atoms with E-state index in [9.17, 15) is 4.39 Å². The maximum absolute atomic E-state index is 12.9. The van der Waals surface area contributed by atoms with Crippen molar-refractivity contribution in [3.63, 3.8) is 0 Å². The van der Waals surface area contributed by atoms with Crippen LogP contribution >= 0.6 is 0 Å². The molecule has 0 saturated carbocycles. The molecule has 2 rings (SSSR count). The monoisotopic (exact) mass is 290 g/mol. The molecule has 0 N–H and O–H groups in total. The van der Waals surface area contributed by atoms with E-state index < -0.39 is 8.80 Å². The van der Waals surface area contributed by atoms with E-state index in [4.69, 9.17) is 0 Å². The molecule has 0 atom stereocenters. The molecule has 0 nitrogen and oxygen atoms in total. The standard InChI is InChI=1S/C18H27FSi/c1-2-3-4-13-20-14-11-17(12-15-20)6-5-16-7-9-18(19)10-8-16/h2,7-10,17,20H,1,3-6,11-15H2/t17-,20-. The van der Waals surface area contributed by atoms with Crippen molar-refractivity contribution in [3.05, 3.63) is 48.3 Å². The molecule has 0 radical (unpaired) electrons. The van der Waals surface area contributed by atoms with Crippen molar-refractivity contribution in [1.82, 2.24) is 0 Å². The summed E-state index contributed by atoms with van der Waals surface area (Å²) >= 11 is 0. The highest BCUT2D eigenvalue weighted by molar-refractivity contribution is 6.58. The Morgan fingerprint density at radius 3 is 2.55 bits per heavy atom. The van der Waals surface area contributed by atoms with E-state index in [0.29, 0.717) is 0 Å². The van der Waals surface area contributed by atoms with Crippen LogP contribution in [0.3, 0.4) is 0 Å². The summed E-state index contributed by atoms with van der Waals surface area (Å²) in [7, 11) is -0.399. The number of hydrogen-bond donors (Lipinski definition) is 0. The molecule has 0 amide bonds. The second-order valence-corrected chi connectivity index (χ2v) is 9.74. The number of unbranched alkanes of at least 4 members (excludes halogenated alkanes) is 1. The maximum Gasteiger partial charge on any atom is 0.123 e. The van der Waals surface area contributed by atoms with Crippen molar-refractivity contribution < 1.29 is 4.39 Å². The molecule has 110 valence electrons. The summed E-state index contributed by atoms with van der Waals surface area (Å²) in [5.74, 6) is 0.794. The van der Waals surface area contributed by atoms with Crippen LogP contribution in [0.4, 0.5) is 4.39 Å². The molecule has 20 heavy (non-hydrogen) atoms. The second-order valence-electron chi connectivity index (χ2n) is 6.27. The van der Waals surface area contributed by atoms with E-state index in [2.05, 4.69) is 12.7 Å². The molecule has 0 aliphatic carbocycles. The van der Waals surface area contributed by atoms with Crippen LogP contribution in [0, 0.1) is 11.7 Å². The first kappa shape index (κ1) is 15.5. The first-order valence-corrected chi connectivity index (χ1v) is 10.6. The quantitative estimate of drug-likeness (QED) is 0.360. The van der Waals surface area contributed by atoms with Gasteiger partial charge < -0.3 is 0 Å². The highest BCUT2D eigenvalue weighted by atomic mass is 28.3. The predicted octanol–water partition coefficient (Wildman–Crippen LogP) is 5.36. The fourth-order valence-electron chi connectivity index (χ4n) is 3.38. The van der Waals surface area contributed by atoms with Crippen molar-refractivity contribution in [2.75, 3.05) is 0 Å². The highest BCUT2D eigenvalue weighted by Crippen LogP contribution is 2.31. The van der Waals surface area contributed by atoms with Gasteiger partial charge in [0.25, 0.3) is 0 Å². The molecule has 0 bridgehead atoms. The second kappa shape index (κ2) is 8.41. The fraction of sp³-hybridized carbons (Fsp3) is 0.556. The number of halogens is 1. The molecule has 1 saturated heterocycles. The van der Waals surface area contributed by atoms with Crippen LogP contribution in [-0.2, 0) is 6.42 Å². The Kier molecular flexibility index (Phi) is 6.51. The zero-order valence-electron chi connectivity index (χ0n) is 12.5. The minimum atomic E-state index is -0.399. The Morgan fingerprint density at radius 1 is 1.20 bits per heavy atom. The maximum atomic E-state index is 12.9. The van der Waals surface area contributed by atoms with Gasteiger partial charge in [0.05, 0.1) is 0 Å². The molecule has 1 aliphatic heterocycles. The Morgan fingerprint density at radius 2 is 1.90 bits per heavy atom. The predicted molar refractivity (Wildman–Crippen MR) is 88.4 cm³/mol. The van der Waals surface area contributed by atoms with Gasteiger partial charge in [-0.25, -0.2) is 4.39 Å². The first-order valence-electron chi connectivity index (χ1n) is 8.13. The molecule has 1 aromatic carbocycles. The van der Waals surface area contributed by atoms with Gasteiger partial charge >= 0.3 is 0 Å². The smallest absolute Gasteiger partial charge is 0.123 e. The van der Waals surface area contributed by atoms with E-state index in [0.717, 1.165) is 12.3 Å². The zero-order valence-corrected chi connectivity index (χ0v) is 13.6. The fourth-order valence-corrected chi connectivity index (χ4v) is 6.95. The van der Waals surface area contributed by atoms with Crippen LogP contribution in [0.1, 0.15) is 37.7 Å². The summed E-state index contributed by atoms with van der Waals surface area (Å²) in [5, 5.41) is 0. The molecule has 2 heteroatoms. The lowest BCUT2D eigenvalue weighted by atomic mass is 9.94. The van der Waals surface area contributed by atoms with Gasteiger partial charge in [0.15, 0.2) is 0 Å². The van der Waals surface area contributed by atoms with Gasteiger partial charge in [-0.05, 0) is 42.9 Å². The van der Waals surface area contributed by atoms with Crippen molar-refractivity contribution in [2.45, 2.75) is 56.7 Å². The summed E-state index contributed by atoms with van der Waals surface area (Å²) in [6, 6.07) is 11.7. The third-order valence-corrected chi connectivity index (χ3v) is 8.27. The van der Waals surface area contributed by atoms with Gasteiger partial charge in [-0.2, -0.15) is 0 Å². The van der Waals surface area contributed by atoms with Crippen LogP contribution < -0.4 is 0 Å². The van der Waals surface area contributed by atoms with Gasteiger partial charge in [-0.15, -0.1) is 6.58 Å². The van der Waals surface area contributed by atoms with Crippen LogP contribution in [-0.4, -0.2) is 8.80 Å². The zero-order chi connectivity index (χ0) is 14.2. The lowest BCUT2D eigenvalue weighted by molar-refractivity contribution is 0.437. The average molecular weight is 290 g/mol. The lowest BCUT2D eigenvalue weighted by Crippen LogP contribution is -2.21. The Bertz CT molecular complexity index is 390. The third kappa shape index (κ3) is 5.24. The highest BCUT2D eigenvalue weighted by Gasteiger charge is 2.21. The van der Waals surface area contributed by atoms with E-state index >= 15 is 0 Å². The summed E-state index contributed by atoms with van der Waals surface area (Å²) in [4.78, 5) is 0. The average Bonchev–Trinajstić information content (AvgIpc) is 2.48. The lowest BCUT2D eigenvalue weighted by Gasteiger charge is -2.27. The minimum Gasteiger partial charge on any atom is -0.207 e. The molecule has 0 unspecified atom stereocenters. The molecule has 0 spiro atoms. The van der Waals surface area contributed by atoms with Crippen molar-refractivity contribution in [2.24, 2.45) is 5.92 Å². The van der Waals surface area contributed by atoms with Crippen molar-refractivity contribution >= 4 is 8.80 Å². The molecule has 1 fully saturated rings.